The van der Waals surface area contributed by atoms with E-state index in [1.807, 2.05) is 0 Å². The first-order valence-corrected chi connectivity index (χ1v) is 8.58. The number of unbranched alkanes of at least 4 members (excludes halogenated alkanes) is 1. The molecule has 0 bridgehead atoms. The third-order valence-corrected chi connectivity index (χ3v) is 5.54. The van der Waals surface area contributed by atoms with Gasteiger partial charge in [0.2, 0.25) is 0 Å². The third-order valence-electron chi connectivity index (χ3n) is 3.75. The van der Waals surface area contributed by atoms with Gasteiger partial charge in [0.15, 0.2) is 0 Å². The Labute approximate surface area is 107 Å². The van der Waals surface area contributed by atoms with Crippen molar-refractivity contribution < 1.29 is 13.5 Å². The number of hydrogen-bond donors (Lipinski definition) is 1. The smallest absolute Gasteiger partial charge is 0.150 e. The number of rotatable bonds is 10. The summed E-state index contributed by atoms with van der Waals surface area (Å²) in [5.74, 6) is 0.484. The maximum atomic E-state index is 11.4. The highest BCUT2D eigenvalue weighted by atomic mass is 32.2. The van der Waals surface area contributed by atoms with E-state index in [2.05, 4.69) is 13.8 Å². The van der Waals surface area contributed by atoms with Crippen LogP contribution < -0.4 is 0 Å². The average Bonchev–Trinajstić information content (AvgIpc) is 2.34. The highest BCUT2D eigenvalue weighted by molar-refractivity contribution is 7.91. The van der Waals surface area contributed by atoms with Crippen molar-refractivity contribution in [3.8, 4) is 0 Å². The average molecular weight is 264 g/mol. The zero-order valence-electron chi connectivity index (χ0n) is 11.5. The molecule has 0 aliphatic carbocycles. The van der Waals surface area contributed by atoms with E-state index in [1.165, 1.54) is 0 Å². The Hall–Kier alpha value is -0.0900. The Bertz CT molecular complexity index is 279. The molecule has 104 valence electrons. The topological polar surface area (TPSA) is 54.4 Å². The van der Waals surface area contributed by atoms with Crippen LogP contribution in [0.4, 0.5) is 0 Å². The SMILES string of the molecule is CCCCC(CC)(CO)CCCS(=O)(=O)CC. The van der Waals surface area contributed by atoms with Crippen molar-refractivity contribution >= 4 is 9.84 Å². The minimum atomic E-state index is -2.86. The largest absolute Gasteiger partial charge is 0.396 e. The minimum Gasteiger partial charge on any atom is -0.396 e. The quantitative estimate of drug-likeness (QED) is 0.660. The molecule has 0 aliphatic heterocycles. The molecule has 1 atom stereocenters. The van der Waals surface area contributed by atoms with Crippen molar-refractivity contribution in [3.63, 3.8) is 0 Å². The molecule has 0 rings (SSSR count). The molecule has 17 heavy (non-hydrogen) atoms. The van der Waals surface area contributed by atoms with E-state index in [0.29, 0.717) is 6.42 Å². The highest BCUT2D eigenvalue weighted by Gasteiger charge is 2.26. The molecule has 3 nitrogen and oxygen atoms in total. The van der Waals surface area contributed by atoms with Gasteiger partial charge >= 0.3 is 0 Å². The lowest BCUT2D eigenvalue weighted by Gasteiger charge is -2.30. The molecule has 1 N–H and O–H groups in total. The summed E-state index contributed by atoms with van der Waals surface area (Å²) < 4.78 is 22.8. The van der Waals surface area contributed by atoms with Crippen molar-refractivity contribution in [3.05, 3.63) is 0 Å². The molecule has 0 aromatic rings. The van der Waals surface area contributed by atoms with Crippen molar-refractivity contribution in [2.24, 2.45) is 5.41 Å². The van der Waals surface area contributed by atoms with Crippen LogP contribution in [0.5, 0.6) is 0 Å². The zero-order chi connectivity index (χ0) is 13.4. The summed E-state index contributed by atoms with van der Waals surface area (Å²) in [6, 6.07) is 0. The first-order valence-electron chi connectivity index (χ1n) is 6.76. The molecule has 0 fully saturated rings. The summed E-state index contributed by atoms with van der Waals surface area (Å²) in [6.45, 7) is 6.08. The van der Waals surface area contributed by atoms with E-state index >= 15 is 0 Å². The normalized spacial score (nSPS) is 15.8. The lowest BCUT2D eigenvalue weighted by Crippen LogP contribution is -2.26. The molecule has 0 aromatic heterocycles. The Morgan fingerprint density at radius 2 is 1.65 bits per heavy atom. The first kappa shape index (κ1) is 16.9. The second kappa shape index (κ2) is 8.09. The third kappa shape index (κ3) is 6.41. The Balaban J connectivity index is 4.26. The summed E-state index contributed by atoms with van der Waals surface area (Å²) >= 11 is 0. The van der Waals surface area contributed by atoms with Gasteiger partial charge in [0.25, 0.3) is 0 Å². The fourth-order valence-corrected chi connectivity index (χ4v) is 2.98. The van der Waals surface area contributed by atoms with E-state index in [1.54, 1.807) is 6.92 Å². The molecular formula is C13H28O3S. The number of hydrogen-bond acceptors (Lipinski definition) is 3. The molecule has 0 saturated carbocycles. The fraction of sp³-hybridized carbons (Fsp3) is 1.00. The van der Waals surface area contributed by atoms with Crippen LogP contribution in [0.1, 0.15) is 59.3 Å². The molecule has 0 spiro atoms. The second-order valence-electron chi connectivity index (χ2n) is 4.96. The van der Waals surface area contributed by atoms with Gasteiger partial charge in [-0.2, -0.15) is 0 Å². The number of sulfone groups is 1. The Morgan fingerprint density at radius 3 is 2.06 bits per heavy atom. The van der Waals surface area contributed by atoms with Crippen LogP contribution in [0.25, 0.3) is 0 Å². The molecule has 0 aliphatic rings. The minimum absolute atomic E-state index is 0.0563. The van der Waals surface area contributed by atoms with Gasteiger partial charge in [-0.3, -0.25) is 0 Å². The van der Waals surface area contributed by atoms with Crippen molar-refractivity contribution in [1.29, 1.82) is 0 Å². The molecule has 0 saturated heterocycles. The van der Waals surface area contributed by atoms with Gasteiger partial charge in [-0.25, -0.2) is 8.42 Å². The Morgan fingerprint density at radius 1 is 1.06 bits per heavy atom. The van der Waals surface area contributed by atoms with Gasteiger partial charge in [0, 0.05) is 12.4 Å². The molecule has 4 heteroatoms. The Kier molecular flexibility index (Phi) is 8.05. The zero-order valence-corrected chi connectivity index (χ0v) is 12.4. The van der Waals surface area contributed by atoms with E-state index in [9.17, 15) is 13.5 Å². The number of aliphatic hydroxyl groups is 1. The van der Waals surface area contributed by atoms with E-state index in [0.717, 1.165) is 32.1 Å². The van der Waals surface area contributed by atoms with Crippen LogP contribution >= 0.6 is 0 Å². The van der Waals surface area contributed by atoms with Crippen LogP contribution in [-0.2, 0) is 9.84 Å². The maximum Gasteiger partial charge on any atom is 0.150 e. The second-order valence-corrected chi connectivity index (χ2v) is 7.43. The summed E-state index contributed by atoms with van der Waals surface area (Å²) in [6.07, 6.45) is 5.65. The van der Waals surface area contributed by atoms with E-state index in [4.69, 9.17) is 0 Å². The fourth-order valence-electron chi connectivity index (χ4n) is 2.11. The van der Waals surface area contributed by atoms with E-state index in [-0.39, 0.29) is 23.5 Å². The van der Waals surface area contributed by atoms with Gasteiger partial charge < -0.3 is 5.11 Å². The van der Waals surface area contributed by atoms with Gasteiger partial charge in [-0.15, -0.1) is 0 Å². The summed E-state index contributed by atoms with van der Waals surface area (Å²) in [4.78, 5) is 0. The van der Waals surface area contributed by atoms with E-state index < -0.39 is 9.84 Å². The predicted octanol–water partition coefficient (Wildman–Crippen LogP) is 2.78. The molecular weight excluding hydrogens is 236 g/mol. The van der Waals surface area contributed by atoms with Gasteiger partial charge in [0.1, 0.15) is 9.84 Å². The summed E-state index contributed by atoms with van der Waals surface area (Å²) in [7, 11) is -2.86. The molecule has 0 heterocycles. The maximum absolute atomic E-state index is 11.4. The summed E-state index contributed by atoms with van der Waals surface area (Å²) in [5, 5.41) is 9.54. The van der Waals surface area contributed by atoms with Crippen LogP contribution in [0.15, 0.2) is 0 Å². The molecule has 1 unspecified atom stereocenters. The first-order chi connectivity index (χ1) is 7.95. The predicted molar refractivity (Wildman–Crippen MR) is 72.9 cm³/mol. The van der Waals surface area contributed by atoms with Crippen LogP contribution in [0.3, 0.4) is 0 Å². The molecule has 0 amide bonds. The lowest BCUT2D eigenvalue weighted by molar-refractivity contribution is 0.0969. The van der Waals surface area contributed by atoms with Crippen molar-refractivity contribution in [2.45, 2.75) is 59.3 Å². The molecule has 0 aromatic carbocycles. The van der Waals surface area contributed by atoms with Gasteiger partial charge in [0.05, 0.1) is 5.75 Å². The monoisotopic (exact) mass is 264 g/mol. The molecule has 0 radical (unpaired) electrons. The van der Waals surface area contributed by atoms with Crippen LogP contribution in [-0.4, -0.2) is 31.6 Å². The number of aliphatic hydroxyl groups excluding tert-OH is 1. The van der Waals surface area contributed by atoms with Gasteiger partial charge in [-0.1, -0.05) is 33.6 Å². The highest BCUT2D eigenvalue weighted by Crippen LogP contribution is 2.33. The van der Waals surface area contributed by atoms with Crippen LogP contribution in [0.2, 0.25) is 0 Å². The van der Waals surface area contributed by atoms with Crippen molar-refractivity contribution in [2.75, 3.05) is 18.1 Å². The van der Waals surface area contributed by atoms with Crippen molar-refractivity contribution in [1.82, 2.24) is 0 Å². The standard InChI is InChI=1S/C13H28O3S/c1-4-7-9-13(5-2,12-14)10-8-11-17(15,16)6-3/h14H,4-12H2,1-3H3. The summed E-state index contributed by atoms with van der Waals surface area (Å²) in [5.41, 5.74) is -0.0563. The van der Waals surface area contributed by atoms with Gasteiger partial charge in [-0.05, 0) is 31.1 Å². The van der Waals surface area contributed by atoms with Crippen LogP contribution in [0, 0.1) is 5.41 Å². The lowest BCUT2D eigenvalue weighted by atomic mass is 9.77.